The van der Waals surface area contributed by atoms with Crippen LogP contribution in [0.4, 0.5) is 37.6 Å². The van der Waals surface area contributed by atoms with Gasteiger partial charge in [-0.25, -0.2) is 13.8 Å². The Kier molecular flexibility index (Phi) is 6.27. The first-order valence-electron chi connectivity index (χ1n) is 10.3. The van der Waals surface area contributed by atoms with Crippen LogP contribution in [0, 0.1) is 18.6 Å². The molecule has 2 aromatic carbocycles. The van der Waals surface area contributed by atoms with Gasteiger partial charge in [0, 0.05) is 24.5 Å². The van der Waals surface area contributed by atoms with Gasteiger partial charge in [-0.2, -0.15) is 4.98 Å². The minimum atomic E-state index is -0.573. The number of benzene rings is 2. The summed E-state index contributed by atoms with van der Waals surface area (Å²) in [4.78, 5) is 10.1. The number of nitrogens with one attached hydrogen (secondary N) is 2. The molecule has 0 amide bonds. The summed E-state index contributed by atoms with van der Waals surface area (Å²) in [7, 11) is 0. The molecule has 1 fully saturated rings. The van der Waals surface area contributed by atoms with Gasteiger partial charge in [-0.1, -0.05) is 13.0 Å². The van der Waals surface area contributed by atoms with Gasteiger partial charge < -0.3 is 20.3 Å². The second-order valence-electron chi connectivity index (χ2n) is 7.40. The number of aromatic nitrogens is 2. The Balaban J connectivity index is 1.50. The molecule has 0 radical (unpaired) electrons. The molecule has 0 bridgehead atoms. The van der Waals surface area contributed by atoms with Gasteiger partial charge in [0.15, 0.2) is 11.6 Å². The van der Waals surface area contributed by atoms with E-state index in [1.54, 1.807) is 12.1 Å². The van der Waals surface area contributed by atoms with Crippen molar-refractivity contribution in [1.82, 2.24) is 9.97 Å². The van der Waals surface area contributed by atoms with Gasteiger partial charge in [0.1, 0.15) is 5.82 Å². The molecule has 4 rings (SSSR count). The molecule has 8 heteroatoms. The van der Waals surface area contributed by atoms with Gasteiger partial charge >= 0.3 is 0 Å². The van der Waals surface area contributed by atoms with Crippen LogP contribution in [0.25, 0.3) is 0 Å². The maximum Gasteiger partial charge on any atom is 0.229 e. The second-order valence-corrected chi connectivity index (χ2v) is 7.40. The first-order valence-corrected chi connectivity index (χ1v) is 10.3. The monoisotopic (exact) mass is 425 g/mol. The lowest BCUT2D eigenvalue weighted by molar-refractivity contribution is 0.122. The Morgan fingerprint density at radius 1 is 1.00 bits per heavy atom. The summed E-state index contributed by atoms with van der Waals surface area (Å²) in [6.45, 7) is 6.58. The lowest BCUT2D eigenvalue weighted by atomic mass is 10.1. The largest absolute Gasteiger partial charge is 0.378 e. The minimum absolute atomic E-state index is 0.0477. The molecular formula is C23H25F2N5O. The Hall–Kier alpha value is -3.26. The summed E-state index contributed by atoms with van der Waals surface area (Å²) in [6.07, 6.45) is 2.02. The Bertz CT molecular complexity index is 1070. The number of nitrogens with zero attached hydrogens (tertiary/aromatic N) is 3. The molecule has 31 heavy (non-hydrogen) atoms. The summed E-state index contributed by atoms with van der Waals surface area (Å²) < 4.78 is 34.2. The third kappa shape index (κ3) is 4.91. The van der Waals surface area contributed by atoms with E-state index in [0.29, 0.717) is 37.7 Å². The van der Waals surface area contributed by atoms with E-state index in [-0.39, 0.29) is 17.6 Å². The average Bonchev–Trinajstić information content (AvgIpc) is 2.77. The van der Waals surface area contributed by atoms with E-state index in [0.717, 1.165) is 23.9 Å². The van der Waals surface area contributed by atoms with E-state index in [1.165, 1.54) is 11.6 Å². The number of anilines is 5. The highest BCUT2D eigenvalue weighted by molar-refractivity contribution is 5.63. The van der Waals surface area contributed by atoms with Crippen molar-refractivity contribution in [1.29, 1.82) is 0 Å². The predicted molar refractivity (Wildman–Crippen MR) is 119 cm³/mol. The molecule has 0 saturated carbocycles. The zero-order valence-electron chi connectivity index (χ0n) is 17.6. The fourth-order valence-corrected chi connectivity index (χ4v) is 3.60. The molecule has 3 aromatic rings. The van der Waals surface area contributed by atoms with Crippen molar-refractivity contribution in [3.63, 3.8) is 0 Å². The highest BCUT2D eigenvalue weighted by Gasteiger charge is 2.16. The SMILES string of the molecule is CCc1ccc(Nc2nc(Nc3ccc(N4CCOCC4)c(F)c3)ncc2F)cc1C. The first kappa shape index (κ1) is 21.0. The molecule has 162 valence electrons. The lowest BCUT2D eigenvalue weighted by Crippen LogP contribution is -2.36. The van der Waals surface area contributed by atoms with Crippen molar-refractivity contribution in [3.05, 3.63) is 65.4 Å². The smallest absolute Gasteiger partial charge is 0.229 e. The molecule has 2 N–H and O–H groups in total. The van der Waals surface area contributed by atoms with Crippen LogP contribution in [0.2, 0.25) is 0 Å². The van der Waals surface area contributed by atoms with Crippen molar-refractivity contribution in [3.8, 4) is 0 Å². The maximum atomic E-state index is 14.6. The molecular weight excluding hydrogens is 400 g/mol. The van der Waals surface area contributed by atoms with Crippen LogP contribution in [-0.2, 0) is 11.2 Å². The van der Waals surface area contributed by atoms with Gasteiger partial charge in [-0.15, -0.1) is 0 Å². The number of ether oxygens (including phenoxy) is 1. The van der Waals surface area contributed by atoms with E-state index < -0.39 is 5.82 Å². The highest BCUT2D eigenvalue weighted by Crippen LogP contribution is 2.26. The summed E-state index contributed by atoms with van der Waals surface area (Å²) in [5.41, 5.74) is 4.10. The summed E-state index contributed by atoms with van der Waals surface area (Å²) in [5, 5.41) is 5.94. The predicted octanol–water partition coefficient (Wildman–Crippen LogP) is 4.95. The van der Waals surface area contributed by atoms with Crippen LogP contribution in [-0.4, -0.2) is 36.3 Å². The van der Waals surface area contributed by atoms with Crippen LogP contribution >= 0.6 is 0 Å². The summed E-state index contributed by atoms with van der Waals surface area (Å²) in [6, 6.07) is 10.7. The van der Waals surface area contributed by atoms with Crippen molar-refractivity contribution in [2.45, 2.75) is 20.3 Å². The van der Waals surface area contributed by atoms with Gasteiger partial charge in [0.05, 0.1) is 25.1 Å². The first-order chi connectivity index (χ1) is 15.0. The van der Waals surface area contributed by atoms with Crippen molar-refractivity contribution < 1.29 is 13.5 Å². The minimum Gasteiger partial charge on any atom is -0.378 e. The summed E-state index contributed by atoms with van der Waals surface area (Å²) >= 11 is 0. The van der Waals surface area contributed by atoms with Gasteiger partial charge in [0.2, 0.25) is 5.95 Å². The molecule has 0 atom stereocenters. The van der Waals surface area contributed by atoms with Crippen LogP contribution in [0.15, 0.2) is 42.6 Å². The number of rotatable bonds is 6. The van der Waals surface area contributed by atoms with E-state index in [4.69, 9.17) is 4.74 Å². The highest BCUT2D eigenvalue weighted by atomic mass is 19.1. The second kappa shape index (κ2) is 9.26. The quantitative estimate of drug-likeness (QED) is 0.583. The fraction of sp³-hybridized carbons (Fsp3) is 0.304. The fourth-order valence-electron chi connectivity index (χ4n) is 3.60. The maximum absolute atomic E-state index is 14.6. The molecule has 1 aromatic heterocycles. The normalized spacial score (nSPS) is 13.9. The standard InChI is InChI=1S/C23H25F2N5O/c1-3-16-4-5-17(12-15(16)2)27-22-20(25)14-26-23(29-22)28-18-6-7-21(19(24)13-18)30-8-10-31-11-9-30/h4-7,12-14H,3,8-11H2,1-2H3,(H2,26,27,28,29). The summed E-state index contributed by atoms with van der Waals surface area (Å²) in [5.74, 6) is -0.702. The molecule has 2 heterocycles. The van der Waals surface area contributed by atoms with Crippen molar-refractivity contribution in [2.75, 3.05) is 41.8 Å². The molecule has 0 spiro atoms. The number of aryl methyl sites for hydroxylation is 2. The van der Waals surface area contributed by atoms with E-state index in [2.05, 4.69) is 27.5 Å². The Morgan fingerprint density at radius 3 is 2.45 bits per heavy atom. The van der Waals surface area contributed by atoms with Crippen LogP contribution in [0.3, 0.4) is 0 Å². The Morgan fingerprint density at radius 2 is 1.74 bits per heavy atom. The van der Waals surface area contributed by atoms with Gasteiger partial charge in [-0.05, 0) is 54.8 Å². The number of halogens is 2. The van der Waals surface area contributed by atoms with Crippen molar-refractivity contribution in [2.24, 2.45) is 0 Å². The van der Waals surface area contributed by atoms with Crippen molar-refractivity contribution >= 4 is 28.8 Å². The third-order valence-corrected chi connectivity index (χ3v) is 5.29. The van der Waals surface area contributed by atoms with E-state index in [1.807, 2.05) is 30.0 Å². The molecule has 0 aliphatic carbocycles. The lowest BCUT2D eigenvalue weighted by Gasteiger charge is -2.29. The third-order valence-electron chi connectivity index (χ3n) is 5.29. The topological polar surface area (TPSA) is 62.3 Å². The van der Waals surface area contributed by atoms with Crippen LogP contribution < -0.4 is 15.5 Å². The molecule has 0 unspecified atom stereocenters. The molecule has 6 nitrogen and oxygen atoms in total. The molecule has 1 aliphatic heterocycles. The van der Waals surface area contributed by atoms with Gasteiger partial charge in [-0.3, -0.25) is 0 Å². The van der Waals surface area contributed by atoms with Crippen LogP contribution in [0.5, 0.6) is 0 Å². The van der Waals surface area contributed by atoms with E-state index >= 15 is 0 Å². The van der Waals surface area contributed by atoms with Crippen LogP contribution in [0.1, 0.15) is 18.1 Å². The zero-order valence-corrected chi connectivity index (χ0v) is 17.6. The number of hydrogen-bond acceptors (Lipinski definition) is 6. The Labute approximate surface area is 180 Å². The zero-order chi connectivity index (χ0) is 21.8. The molecule has 1 saturated heterocycles. The molecule has 1 aliphatic rings. The number of morpholine rings is 1. The number of hydrogen-bond donors (Lipinski definition) is 2. The average molecular weight is 425 g/mol. The van der Waals surface area contributed by atoms with Gasteiger partial charge in [0.25, 0.3) is 0 Å². The van der Waals surface area contributed by atoms with E-state index in [9.17, 15) is 8.78 Å².